The molecule has 8 heteroatoms. The van der Waals surface area contributed by atoms with Crippen molar-refractivity contribution in [3.8, 4) is 5.75 Å². The van der Waals surface area contributed by atoms with Gasteiger partial charge in [0.1, 0.15) is 23.3 Å². The molecule has 0 aliphatic heterocycles. The van der Waals surface area contributed by atoms with E-state index >= 15 is 0 Å². The van der Waals surface area contributed by atoms with Crippen LogP contribution in [0, 0.1) is 12.7 Å². The van der Waals surface area contributed by atoms with Crippen molar-refractivity contribution in [1.82, 2.24) is 14.9 Å². The molecule has 4 aromatic rings. The van der Waals surface area contributed by atoms with Gasteiger partial charge in [-0.15, -0.1) is 0 Å². The third-order valence-corrected chi connectivity index (χ3v) is 5.70. The Bertz CT molecular complexity index is 1330. The Labute approximate surface area is 215 Å². The number of aryl methyl sites for hydroxylation is 1. The van der Waals surface area contributed by atoms with E-state index in [2.05, 4.69) is 15.3 Å². The Balaban J connectivity index is 1.77. The summed E-state index contributed by atoms with van der Waals surface area (Å²) in [5.74, 6) is -0.684. The molecule has 0 aliphatic carbocycles. The smallest absolute Gasteiger partial charge is 0.275 e. The lowest BCUT2D eigenvalue weighted by molar-refractivity contribution is -0.121. The summed E-state index contributed by atoms with van der Waals surface area (Å²) in [6.45, 7) is 4.50. The molecule has 37 heavy (non-hydrogen) atoms. The Morgan fingerprint density at radius 2 is 1.68 bits per heavy atom. The molecule has 0 spiro atoms. The number of aromatic nitrogens is 2. The van der Waals surface area contributed by atoms with Gasteiger partial charge in [0.2, 0.25) is 0 Å². The maximum absolute atomic E-state index is 13.8. The first-order chi connectivity index (χ1) is 17.9. The molecule has 0 radical (unpaired) electrons. The van der Waals surface area contributed by atoms with Crippen LogP contribution in [-0.4, -0.2) is 33.3 Å². The van der Waals surface area contributed by atoms with E-state index < -0.39 is 23.7 Å². The van der Waals surface area contributed by atoms with E-state index in [9.17, 15) is 14.0 Å². The molecule has 3 aromatic carbocycles. The predicted molar refractivity (Wildman–Crippen MR) is 138 cm³/mol. The fourth-order valence-electron chi connectivity index (χ4n) is 3.86. The highest BCUT2D eigenvalue weighted by Crippen LogP contribution is 2.28. The summed E-state index contributed by atoms with van der Waals surface area (Å²) in [6.07, 6.45) is 4.28. The number of nitrogens with zero attached hydrogens (tertiary/aromatic N) is 3. The van der Waals surface area contributed by atoms with Crippen LogP contribution in [0.2, 0.25) is 0 Å². The fourth-order valence-corrected chi connectivity index (χ4v) is 3.86. The number of ether oxygens (including phenoxy) is 1. The summed E-state index contributed by atoms with van der Waals surface area (Å²) in [6, 6.07) is 19.2. The molecule has 0 bridgehead atoms. The SMILES string of the molecule is CCOc1ccc([C@@H](C(=O)Nc2ccc(F)cc2)N(Cc2ccc(C)cc2)C(=O)c2cnccn2)cc1. The Hall–Kier alpha value is -4.59. The standard InChI is InChI=1S/C29H27FN4O3/c1-3-37-25-14-8-22(9-15-25)27(28(35)33-24-12-10-23(30)11-13-24)34(19-21-6-4-20(2)5-7-21)29(36)26-18-31-16-17-32-26/h4-18,27H,3,19H2,1-2H3,(H,33,35)/t27-/m0/s1. The Morgan fingerprint density at radius 1 is 0.973 bits per heavy atom. The first kappa shape index (κ1) is 25.5. The van der Waals surface area contributed by atoms with Gasteiger partial charge < -0.3 is 15.0 Å². The van der Waals surface area contributed by atoms with E-state index in [1.807, 2.05) is 38.1 Å². The van der Waals surface area contributed by atoms with Gasteiger partial charge in [-0.05, 0) is 61.4 Å². The largest absolute Gasteiger partial charge is 0.494 e. The molecule has 1 N–H and O–H groups in total. The molecule has 0 unspecified atom stereocenters. The minimum Gasteiger partial charge on any atom is -0.494 e. The average Bonchev–Trinajstić information content (AvgIpc) is 2.92. The van der Waals surface area contributed by atoms with E-state index in [-0.39, 0.29) is 12.2 Å². The van der Waals surface area contributed by atoms with E-state index in [4.69, 9.17) is 4.74 Å². The van der Waals surface area contributed by atoms with E-state index in [1.165, 1.54) is 47.8 Å². The van der Waals surface area contributed by atoms with Gasteiger partial charge in [0.15, 0.2) is 0 Å². The van der Waals surface area contributed by atoms with Crippen LogP contribution in [0.4, 0.5) is 10.1 Å². The number of benzene rings is 3. The first-order valence-corrected chi connectivity index (χ1v) is 11.9. The first-order valence-electron chi connectivity index (χ1n) is 11.9. The summed E-state index contributed by atoms with van der Waals surface area (Å²) in [5, 5.41) is 2.82. The number of anilines is 1. The van der Waals surface area contributed by atoms with Crippen molar-refractivity contribution in [3.63, 3.8) is 0 Å². The fraction of sp³-hybridized carbons (Fsp3) is 0.172. The van der Waals surface area contributed by atoms with E-state index in [0.29, 0.717) is 23.6 Å². The van der Waals surface area contributed by atoms with Crippen molar-refractivity contribution < 1.29 is 18.7 Å². The highest BCUT2D eigenvalue weighted by atomic mass is 19.1. The lowest BCUT2D eigenvalue weighted by atomic mass is 10.0. The van der Waals surface area contributed by atoms with Gasteiger partial charge in [0.05, 0.1) is 12.8 Å². The summed E-state index contributed by atoms with van der Waals surface area (Å²) in [4.78, 5) is 37.2. The monoisotopic (exact) mass is 498 g/mol. The van der Waals surface area contributed by atoms with Crippen molar-refractivity contribution in [1.29, 1.82) is 0 Å². The average molecular weight is 499 g/mol. The predicted octanol–water partition coefficient (Wildman–Crippen LogP) is 5.35. The molecular formula is C29H27FN4O3. The number of carbonyl (C=O) groups excluding carboxylic acids is 2. The van der Waals surface area contributed by atoms with Crippen molar-refractivity contribution in [2.45, 2.75) is 26.4 Å². The Morgan fingerprint density at radius 3 is 2.30 bits per heavy atom. The van der Waals surface area contributed by atoms with Crippen LogP contribution in [0.25, 0.3) is 0 Å². The molecule has 1 heterocycles. The van der Waals surface area contributed by atoms with Crippen LogP contribution < -0.4 is 10.1 Å². The number of hydrogen-bond donors (Lipinski definition) is 1. The minimum absolute atomic E-state index is 0.111. The lowest BCUT2D eigenvalue weighted by Gasteiger charge is -2.31. The van der Waals surface area contributed by atoms with Crippen molar-refractivity contribution in [2.75, 3.05) is 11.9 Å². The molecular weight excluding hydrogens is 471 g/mol. The van der Waals surface area contributed by atoms with Crippen LogP contribution in [0.5, 0.6) is 5.75 Å². The second-order valence-corrected chi connectivity index (χ2v) is 8.41. The number of rotatable bonds is 9. The zero-order valence-corrected chi connectivity index (χ0v) is 20.6. The van der Waals surface area contributed by atoms with Crippen LogP contribution in [-0.2, 0) is 11.3 Å². The second-order valence-electron chi connectivity index (χ2n) is 8.41. The highest BCUT2D eigenvalue weighted by Gasteiger charge is 2.33. The van der Waals surface area contributed by atoms with Crippen molar-refractivity contribution in [2.24, 2.45) is 0 Å². The van der Waals surface area contributed by atoms with Gasteiger partial charge in [-0.1, -0.05) is 42.0 Å². The summed E-state index contributed by atoms with van der Waals surface area (Å²) >= 11 is 0. The van der Waals surface area contributed by atoms with Crippen molar-refractivity contribution in [3.05, 3.63) is 120 Å². The molecule has 4 rings (SSSR count). The molecule has 0 saturated heterocycles. The summed E-state index contributed by atoms with van der Waals surface area (Å²) < 4.78 is 19.0. The highest BCUT2D eigenvalue weighted by molar-refractivity contribution is 6.00. The molecule has 7 nitrogen and oxygen atoms in total. The second kappa shape index (κ2) is 11.9. The van der Waals surface area contributed by atoms with Crippen LogP contribution in [0.3, 0.4) is 0 Å². The minimum atomic E-state index is -1.03. The number of halogens is 1. The number of amides is 2. The van der Waals surface area contributed by atoms with E-state index in [0.717, 1.165) is 11.1 Å². The zero-order valence-electron chi connectivity index (χ0n) is 20.6. The van der Waals surface area contributed by atoms with Crippen LogP contribution in [0.1, 0.15) is 40.1 Å². The maximum atomic E-state index is 13.8. The van der Waals surface area contributed by atoms with Gasteiger partial charge in [0, 0.05) is 24.6 Å². The van der Waals surface area contributed by atoms with E-state index in [1.54, 1.807) is 24.3 Å². The molecule has 1 atom stereocenters. The van der Waals surface area contributed by atoms with Gasteiger partial charge in [-0.3, -0.25) is 14.6 Å². The molecule has 0 fully saturated rings. The Kier molecular flexibility index (Phi) is 8.20. The molecule has 2 amide bonds. The quantitative estimate of drug-likeness (QED) is 0.337. The molecule has 188 valence electrons. The summed E-state index contributed by atoms with van der Waals surface area (Å²) in [5.41, 5.74) is 3.01. The lowest BCUT2D eigenvalue weighted by Crippen LogP contribution is -2.41. The zero-order chi connectivity index (χ0) is 26.2. The van der Waals surface area contributed by atoms with Gasteiger partial charge in [-0.2, -0.15) is 0 Å². The normalized spacial score (nSPS) is 11.4. The number of nitrogens with one attached hydrogen (secondary N) is 1. The third kappa shape index (κ3) is 6.55. The van der Waals surface area contributed by atoms with Crippen LogP contribution in [0.15, 0.2) is 91.4 Å². The van der Waals surface area contributed by atoms with Crippen molar-refractivity contribution >= 4 is 17.5 Å². The molecule has 0 saturated carbocycles. The van der Waals surface area contributed by atoms with Crippen LogP contribution >= 0.6 is 0 Å². The van der Waals surface area contributed by atoms with Gasteiger partial charge >= 0.3 is 0 Å². The third-order valence-electron chi connectivity index (χ3n) is 5.70. The van der Waals surface area contributed by atoms with Gasteiger partial charge in [-0.25, -0.2) is 9.37 Å². The molecule has 0 aliphatic rings. The summed E-state index contributed by atoms with van der Waals surface area (Å²) in [7, 11) is 0. The molecule has 1 aromatic heterocycles. The van der Waals surface area contributed by atoms with Gasteiger partial charge in [0.25, 0.3) is 11.8 Å². The number of hydrogen-bond acceptors (Lipinski definition) is 5. The topological polar surface area (TPSA) is 84.4 Å². The maximum Gasteiger partial charge on any atom is 0.275 e. The number of carbonyl (C=O) groups is 2.